The zero-order chi connectivity index (χ0) is 11.7. The van der Waals surface area contributed by atoms with Gasteiger partial charge in [-0.05, 0) is 37.5 Å². The highest BCUT2D eigenvalue weighted by atomic mass is 16.6. The summed E-state index contributed by atoms with van der Waals surface area (Å²) in [6.45, 7) is 12.2. The van der Waals surface area contributed by atoms with E-state index in [0.29, 0.717) is 5.92 Å². The van der Waals surface area contributed by atoms with Gasteiger partial charge in [0.15, 0.2) is 0 Å². The summed E-state index contributed by atoms with van der Waals surface area (Å²) in [7, 11) is 0. The number of ether oxygens (including phenoxy) is 1. The van der Waals surface area contributed by atoms with Gasteiger partial charge >= 0.3 is 5.97 Å². The largest absolute Gasteiger partial charge is 0.456 e. The Morgan fingerprint density at radius 2 is 2.00 bits per heavy atom. The molecule has 2 atom stereocenters. The Morgan fingerprint density at radius 3 is 2.47 bits per heavy atom. The molecule has 0 radical (unpaired) electrons. The van der Waals surface area contributed by atoms with E-state index in [9.17, 15) is 4.79 Å². The zero-order valence-electron chi connectivity index (χ0n) is 10.3. The smallest absolute Gasteiger partial charge is 0.330 e. The number of carbonyl (C=O) groups is 1. The van der Waals surface area contributed by atoms with Gasteiger partial charge in [0.05, 0.1) is 0 Å². The van der Waals surface area contributed by atoms with Crippen molar-refractivity contribution in [2.75, 3.05) is 0 Å². The van der Waals surface area contributed by atoms with Gasteiger partial charge in [-0.15, -0.1) is 0 Å². The maximum absolute atomic E-state index is 11.3. The molecule has 2 nitrogen and oxygen atoms in total. The van der Waals surface area contributed by atoms with Crippen LogP contribution in [-0.2, 0) is 9.53 Å². The molecule has 1 rings (SSSR count). The highest BCUT2D eigenvalue weighted by Gasteiger charge is 2.41. The van der Waals surface area contributed by atoms with Gasteiger partial charge in [-0.1, -0.05) is 27.4 Å². The second-order valence-electron chi connectivity index (χ2n) is 5.93. The van der Waals surface area contributed by atoms with Crippen molar-refractivity contribution in [3.8, 4) is 0 Å². The number of rotatable bonds is 2. The van der Waals surface area contributed by atoms with Crippen LogP contribution in [-0.4, -0.2) is 11.6 Å². The molecule has 1 fully saturated rings. The van der Waals surface area contributed by atoms with Crippen molar-refractivity contribution < 1.29 is 9.53 Å². The second-order valence-corrected chi connectivity index (χ2v) is 5.93. The first-order valence-corrected chi connectivity index (χ1v) is 5.62. The van der Waals surface area contributed by atoms with Crippen LogP contribution in [0.3, 0.4) is 0 Å². The second kappa shape index (κ2) is 3.99. The summed E-state index contributed by atoms with van der Waals surface area (Å²) in [5.41, 5.74) is -0.0553. The van der Waals surface area contributed by atoms with Crippen LogP contribution < -0.4 is 0 Å². The molecule has 0 heterocycles. The number of esters is 1. The molecule has 0 amide bonds. The summed E-state index contributed by atoms with van der Waals surface area (Å²) in [6, 6.07) is 0. The molecule has 1 saturated carbocycles. The molecule has 2 unspecified atom stereocenters. The van der Waals surface area contributed by atoms with Crippen LogP contribution in [0, 0.1) is 11.3 Å². The highest BCUT2D eigenvalue weighted by Crippen LogP contribution is 2.45. The van der Waals surface area contributed by atoms with Crippen LogP contribution in [0.5, 0.6) is 0 Å². The minimum Gasteiger partial charge on any atom is -0.456 e. The maximum Gasteiger partial charge on any atom is 0.330 e. The molecule has 1 aliphatic carbocycles. The Bertz CT molecular complexity index is 268. The molecule has 0 aliphatic heterocycles. The van der Waals surface area contributed by atoms with Crippen molar-refractivity contribution >= 4 is 5.97 Å². The van der Waals surface area contributed by atoms with Crippen molar-refractivity contribution in [3.63, 3.8) is 0 Å². The van der Waals surface area contributed by atoms with E-state index in [0.717, 1.165) is 12.8 Å². The van der Waals surface area contributed by atoms with Crippen molar-refractivity contribution in [2.24, 2.45) is 11.3 Å². The van der Waals surface area contributed by atoms with Gasteiger partial charge in [-0.25, -0.2) is 4.79 Å². The zero-order valence-corrected chi connectivity index (χ0v) is 10.3. The topological polar surface area (TPSA) is 26.3 Å². The molecule has 0 aromatic carbocycles. The summed E-state index contributed by atoms with van der Waals surface area (Å²) in [6.07, 6.45) is 4.34. The van der Waals surface area contributed by atoms with E-state index in [2.05, 4.69) is 27.4 Å². The van der Waals surface area contributed by atoms with Crippen molar-refractivity contribution in [1.82, 2.24) is 0 Å². The van der Waals surface area contributed by atoms with Crippen LogP contribution in [0.4, 0.5) is 0 Å². The van der Waals surface area contributed by atoms with Gasteiger partial charge in [0.25, 0.3) is 0 Å². The van der Waals surface area contributed by atoms with Gasteiger partial charge in [-0.2, -0.15) is 0 Å². The molecule has 0 N–H and O–H groups in total. The van der Waals surface area contributed by atoms with Gasteiger partial charge in [-0.3, -0.25) is 0 Å². The lowest BCUT2D eigenvalue weighted by molar-refractivity contribution is -0.161. The Labute approximate surface area is 92.7 Å². The Balaban J connectivity index is 2.74. The number of hydrogen-bond acceptors (Lipinski definition) is 2. The fraction of sp³-hybridized carbons (Fsp3) is 0.769. The molecule has 1 aliphatic rings. The lowest BCUT2D eigenvalue weighted by Crippen LogP contribution is -2.43. The molecule has 86 valence electrons. The quantitative estimate of drug-likeness (QED) is 0.516. The summed E-state index contributed by atoms with van der Waals surface area (Å²) in [5.74, 6) is 0.304. The molecule has 15 heavy (non-hydrogen) atoms. The Morgan fingerprint density at radius 1 is 1.40 bits per heavy atom. The summed E-state index contributed by atoms with van der Waals surface area (Å²) in [5, 5.41) is 0. The van der Waals surface area contributed by atoms with E-state index >= 15 is 0 Å². The van der Waals surface area contributed by atoms with Crippen LogP contribution in [0.25, 0.3) is 0 Å². The van der Waals surface area contributed by atoms with E-state index < -0.39 is 0 Å². The van der Waals surface area contributed by atoms with Crippen LogP contribution >= 0.6 is 0 Å². The molecular weight excluding hydrogens is 188 g/mol. The van der Waals surface area contributed by atoms with Crippen molar-refractivity contribution in [2.45, 2.75) is 52.6 Å². The van der Waals surface area contributed by atoms with Gasteiger partial charge < -0.3 is 4.74 Å². The Kier molecular flexibility index (Phi) is 3.27. The van der Waals surface area contributed by atoms with Gasteiger partial charge in [0.1, 0.15) is 5.60 Å². The van der Waals surface area contributed by atoms with E-state index in [1.807, 2.05) is 6.92 Å². The van der Waals surface area contributed by atoms with Crippen molar-refractivity contribution in [1.29, 1.82) is 0 Å². The first kappa shape index (κ1) is 12.3. The molecular formula is C13H22O2. The third kappa shape index (κ3) is 3.37. The molecule has 0 aromatic heterocycles. The molecule has 0 aromatic rings. The fourth-order valence-electron chi connectivity index (χ4n) is 3.27. The highest BCUT2D eigenvalue weighted by molar-refractivity contribution is 5.81. The minimum atomic E-state index is -0.313. The van der Waals surface area contributed by atoms with E-state index in [-0.39, 0.29) is 17.0 Å². The molecule has 2 heteroatoms. The Hall–Kier alpha value is -0.790. The maximum atomic E-state index is 11.3. The van der Waals surface area contributed by atoms with Crippen LogP contribution in [0.1, 0.15) is 47.0 Å². The van der Waals surface area contributed by atoms with Gasteiger partial charge in [0.2, 0.25) is 0 Å². The first-order chi connectivity index (χ1) is 6.76. The summed E-state index contributed by atoms with van der Waals surface area (Å²) < 4.78 is 5.48. The van der Waals surface area contributed by atoms with Crippen molar-refractivity contribution in [3.05, 3.63) is 12.7 Å². The molecule has 0 saturated heterocycles. The normalized spacial score (nSPS) is 34.5. The first-order valence-electron chi connectivity index (χ1n) is 5.62. The van der Waals surface area contributed by atoms with E-state index in [1.54, 1.807) is 0 Å². The predicted octanol–water partition coefficient (Wildman–Crippen LogP) is 3.32. The average molecular weight is 210 g/mol. The number of hydrogen-bond donors (Lipinski definition) is 0. The summed E-state index contributed by atoms with van der Waals surface area (Å²) in [4.78, 5) is 11.3. The summed E-state index contributed by atoms with van der Waals surface area (Å²) >= 11 is 0. The fourth-order valence-corrected chi connectivity index (χ4v) is 3.27. The van der Waals surface area contributed by atoms with Crippen LogP contribution in [0.2, 0.25) is 0 Å². The molecule has 0 bridgehead atoms. The third-order valence-corrected chi connectivity index (χ3v) is 3.05. The SMILES string of the molecule is C=CC(=O)OC1(C)CC(C)CC(C)(C)C1. The third-order valence-electron chi connectivity index (χ3n) is 3.05. The van der Waals surface area contributed by atoms with E-state index in [4.69, 9.17) is 4.74 Å². The average Bonchev–Trinajstić information content (AvgIpc) is 1.97. The number of carbonyl (C=O) groups excluding carboxylic acids is 1. The minimum absolute atomic E-state index is 0.258. The lowest BCUT2D eigenvalue weighted by Gasteiger charge is -2.44. The monoisotopic (exact) mass is 210 g/mol. The molecule has 0 spiro atoms. The predicted molar refractivity (Wildman–Crippen MR) is 61.5 cm³/mol. The standard InChI is InChI=1S/C13H22O2/c1-6-11(14)15-13(5)8-10(2)7-12(3,4)9-13/h6,10H,1,7-9H2,2-5H3. The van der Waals surface area contributed by atoms with Crippen LogP contribution in [0.15, 0.2) is 12.7 Å². The van der Waals surface area contributed by atoms with E-state index in [1.165, 1.54) is 12.5 Å². The lowest BCUT2D eigenvalue weighted by atomic mass is 9.66. The van der Waals surface area contributed by atoms with Gasteiger partial charge in [0, 0.05) is 6.08 Å².